The molecule has 0 atom stereocenters. The average molecular weight is 83.1 g/mol. The fraction of sp³-hybridized carbons (Fsp3) is 0.667. The molecule has 0 fully saturated rings. The predicted octanol–water partition coefficient (Wildman–Crippen LogP) is -0.446. The van der Waals surface area contributed by atoms with Crippen molar-refractivity contribution < 1.29 is 5.11 Å². The summed E-state index contributed by atoms with van der Waals surface area (Å²) in [6.45, 7) is 3.56. The Morgan fingerprint density at radius 1 is 1.60 bits per heavy atom. The van der Waals surface area contributed by atoms with Crippen LogP contribution in [0, 0.1) is 6.92 Å². The third kappa shape index (κ3) is 11.3. The van der Waals surface area contributed by atoms with Gasteiger partial charge in [0, 0.05) is 6.61 Å². The van der Waals surface area contributed by atoms with Crippen molar-refractivity contribution in [2.45, 2.75) is 6.42 Å². The Labute approximate surface area is 54.7 Å². The molecule has 0 aliphatic rings. The van der Waals surface area contributed by atoms with Crippen molar-refractivity contribution in [2.75, 3.05) is 6.61 Å². The molecule has 0 spiro atoms. The summed E-state index contributed by atoms with van der Waals surface area (Å²) in [5, 5.41) is 7.81. The van der Waals surface area contributed by atoms with Gasteiger partial charge in [0.25, 0.3) is 0 Å². The predicted molar refractivity (Wildman–Crippen MR) is 24.2 cm³/mol. The van der Waals surface area contributed by atoms with Gasteiger partial charge in [-0.1, -0.05) is 6.92 Å². The Balaban J connectivity index is 0. The van der Waals surface area contributed by atoms with Crippen LogP contribution in [-0.2, 0) is 0 Å². The van der Waals surface area contributed by atoms with E-state index in [0.29, 0.717) is 6.42 Å². The van der Waals surface area contributed by atoms with Gasteiger partial charge in [-0.25, -0.2) is 0 Å². The van der Waals surface area contributed by atoms with Crippen molar-refractivity contribution in [3.63, 3.8) is 0 Å². The quantitative estimate of drug-likeness (QED) is 0.426. The van der Waals surface area contributed by atoms with Crippen LogP contribution in [0.4, 0.5) is 0 Å². The Kier molecular flexibility index (Phi) is 16.6. The second-order valence-electron chi connectivity index (χ2n) is 0.577. The molecule has 1 N–H and O–H groups in total. The Morgan fingerprint density at radius 3 is 1.80 bits per heavy atom. The number of aliphatic hydroxyl groups excluding tert-OH is 1. The van der Waals surface area contributed by atoms with Gasteiger partial charge in [0.2, 0.25) is 0 Å². The molecular weight excluding hydrogens is 75.0 g/mol. The number of aliphatic hydroxyl groups is 1. The zero-order valence-corrected chi connectivity index (χ0v) is 2.57. The molecule has 0 aromatic rings. The van der Waals surface area contributed by atoms with E-state index >= 15 is 0 Å². The number of hydrogen-bond donors (Lipinski definition) is 1. The molecule has 1 nitrogen and oxygen atoms in total. The summed E-state index contributed by atoms with van der Waals surface area (Å²) in [6, 6.07) is 0. The summed E-state index contributed by atoms with van der Waals surface area (Å²) >= 11 is 0. The van der Waals surface area contributed by atoms with Crippen molar-refractivity contribution >= 4 is 29.6 Å². The summed E-state index contributed by atoms with van der Waals surface area (Å²) in [5.74, 6) is 0. The summed E-state index contributed by atoms with van der Waals surface area (Å²) in [7, 11) is 0. The van der Waals surface area contributed by atoms with E-state index in [1.807, 2.05) is 0 Å². The van der Waals surface area contributed by atoms with E-state index in [-0.39, 0.29) is 36.2 Å². The summed E-state index contributed by atoms with van der Waals surface area (Å²) in [6.07, 6.45) is 0.625. The second-order valence-corrected chi connectivity index (χ2v) is 0.577. The van der Waals surface area contributed by atoms with Crippen LogP contribution < -0.4 is 0 Å². The molecule has 0 aliphatic carbocycles. The monoisotopic (exact) mass is 83.0 g/mol. The molecule has 0 bridgehead atoms. The zero-order chi connectivity index (χ0) is 3.41. The third-order valence-corrected chi connectivity index (χ3v) is 0.158. The number of rotatable bonds is 1. The first-order chi connectivity index (χ1) is 1.91. The third-order valence-electron chi connectivity index (χ3n) is 0.158. The van der Waals surface area contributed by atoms with E-state index in [1.54, 1.807) is 0 Å². The van der Waals surface area contributed by atoms with Crippen LogP contribution >= 0.6 is 0 Å². The Bertz CT molecular complexity index is 8.85. The first-order valence-electron chi connectivity index (χ1n) is 1.32. The van der Waals surface area contributed by atoms with Crippen molar-refractivity contribution in [3.05, 3.63) is 6.92 Å². The van der Waals surface area contributed by atoms with Gasteiger partial charge in [-0.3, -0.25) is 0 Å². The van der Waals surface area contributed by atoms with Crippen molar-refractivity contribution in [1.82, 2.24) is 0 Å². The van der Waals surface area contributed by atoms with E-state index < -0.39 is 0 Å². The van der Waals surface area contributed by atoms with Crippen LogP contribution in [0.1, 0.15) is 6.42 Å². The van der Waals surface area contributed by atoms with Crippen molar-refractivity contribution in [2.24, 2.45) is 0 Å². The van der Waals surface area contributed by atoms with Gasteiger partial charge in [-0.05, 0) is 6.42 Å². The minimum atomic E-state index is 0. The van der Waals surface area contributed by atoms with Crippen LogP contribution in [0.5, 0.6) is 0 Å². The van der Waals surface area contributed by atoms with Gasteiger partial charge in [0.05, 0.1) is 0 Å². The van der Waals surface area contributed by atoms with Crippen LogP contribution in [0.3, 0.4) is 0 Å². The molecular formula is C3H8NaO. The minimum absolute atomic E-state index is 0. The molecule has 0 aromatic heterocycles. The topological polar surface area (TPSA) is 20.2 Å². The molecule has 27 valence electrons. The van der Waals surface area contributed by atoms with Gasteiger partial charge in [-0.15, -0.1) is 0 Å². The summed E-state index contributed by atoms with van der Waals surface area (Å²) in [4.78, 5) is 0. The average Bonchev–Trinajstić information content (AvgIpc) is 1.37. The van der Waals surface area contributed by atoms with Gasteiger partial charge in [0.15, 0.2) is 0 Å². The standard InChI is InChI=1S/C3H7O.Na.H/c1-2-3-4;;/h4H,1-3H2;;. The van der Waals surface area contributed by atoms with Gasteiger partial charge in [0.1, 0.15) is 0 Å². The molecule has 0 unspecified atom stereocenters. The fourth-order valence-electron chi connectivity index (χ4n) is 0. The molecule has 2 heteroatoms. The Morgan fingerprint density at radius 2 is 1.80 bits per heavy atom. The first-order valence-corrected chi connectivity index (χ1v) is 1.32. The molecule has 0 saturated heterocycles. The SMILES string of the molecule is [CH2]CCO.[NaH]. The van der Waals surface area contributed by atoms with Gasteiger partial charge in [-0.2, -0.15) is 0 Å². The van der Waals surface area contributed by atoms with E-state index in [0.717, 1.165) is 0 Å². The second kappa shape index (κ2) is 8.88. The molecule has 0 heterocycles. The first kappa shape index (κ1) is 9.35. The van der Waals surface area contributed by atoms with E-state index in [9.17, 15) is 0 Å². The maximum atomic E-state index is 7.81. The van der Waals surface area contributed by atoms with E-state index in [4.69, 9.17) is 5.11 Å². The number of hydrogen-bond acceptors (Lipinski definition) is 1. The van der Waals surface area contributed by atoms with Crippen LogP contribution in [0.25, 0.3) is 0 Å². The Hall–Kier alpha value is 0.960. The molecule has 0 saturated carbocycles. The van der Waals surface area contributed by atoms with Gasteiger partial charge < -0.3 is 5.11 Å². The van der Waals surface area contributed by atoms with Crippen molar-refractivity contribution in [3.8, 4) is 0 Å². The molecule has 0 aliphatic heterocycles. The molecule has 5 heavy (non-hydrogen) atoms. The van der Waals surface area contributed by atoms with Crippen LogP contribution in [0.2, 0.25) is 0 Å². The fourth-order valence-corrected chi connectivity index (χ4v) is 0. The van der Waals surface area contributed by atoms with E-state index in [1.165, 1.54) is 0 Å². The summed E-state index contributed by atoms with van der Waals surface area (Å²) < 4.78 is 0. The zero-order valence-electron chi connectivity index (χ0n) is 2.57. The molecule has 0 rings (SSSR count). The summed E-state index contributed by atoms with van der Waals surface area (Å²) in [5.41, 5.74) is 0. The van der Waals surface area contributed by atoms with Gasteiger partial charge >= 0.3 is 29.6 Å². The van der Waals surface area contributed by atoms with Crippen molar-refractivity contribution in [1.29, 1.82) is 0 Å². The van der Waals surface area contributed by atoms with Crippen LogP contribution in [0.15, 0.2) is 0 Å². The van der Waals surface area contributed by atoms with Crippen LogP contribution in [-0.4, -0.2) is 41.3 Å². The molecule has 1 radical (unpaired) electrons. The maximum absolute atomic E-state index is 7.81. The normalized spacial score (nSPS) is 6.00. The molecule has 0 aromatic carbocycles. The molecule has 0 amide bonds. The van der Waals surface area contributed by atoms with E-state index in [2.05, 4.69) is 6.92 Å².